The Morgan fingerprint density at radius 2 is 2.08 bits per heavy atom. The predicted molar refractivity (Wildman–Crippen MR) is 99.7 cm³/mol. The fourth-order valence-electron chi connectivity index (χ4n) is 2.56. The first kappa shape index (κ1) is 18.8. The smallest absolute Gasteiger partial charge is 0.218 e. The van der Waals surface area contributed by atoms with Gasteiger partial charge in [-0.2, -0.15) is 5.10 Å². The van der Waals surface area contributed by atoms with Crippen molar-refractivity contribution in [1.82, 2.24) is 25.4 Å². The zero-order chi connectivity index (χ0) is 18.2. The molecule has 25 heavy (non-hydrogen) atoms. The lowest BCUT2D eigenvalue weighted by Crippen LogP contribution is -2.37. The van der Waals surface area contributed by atoms with Crippen LogP contribution in [0.5, 0.6) is 5.88 Å². The van der Waals surface area contributed by atoms with E-state index in [0.29, 0.717) is 25.6 Å². The number of ether oxygens (including phenoxy) is 1. The molecule has 136 valence electrons. The van der Waals surface area contributed by atoms with Gasteiger partial charge in [0.1, 0.15) is 0 Å². The van der Waals surface area contributed by atoms with E-state index < -0.39 is 0 Å². The van der Waals surface area contributed by atoms with E-state index in [0.717, 1.165) is 29.5 Å². The minimum absolute atomic E-state index is 0.503. The highest BCUT2D eigenvalue weighted by Gasteiger charge is 2.10. The van der Waals surface area contributed by atoms with Crippen LogP contribution in [0.4, 0.5) is 0 Å². The highest BCUT2D eigenvalue weighted by Crippen LogP contribution is 2.15. The maximum Gasteiger partial charge on any atom is 0.218 e. The van der Waals surface area contributed by atoms with Crippen molar-refractivity contribution >= 4 is 5.96 Å². The summed E-state index contributed by atoms with van der Waals surface area (Å²) in [5.74, 6) is 1.40. The zero-order valence-electron chi connectivity index (χ0n) is 15.8. The summed E-state index contributed by atoms with van der Waals surface area (Å²) in [7, 11) is 1.96. The van der Waals surface area contributed by atoms with Gasteiger partial charge < -0.3 is 15.4 Å². The van der Waals surface area contributed by atoms with Gasteiger partial charge in [0, 0.05) is 43.2 Å². The molecule has 0 spiro atoms. The van der Waals surface area contributed by atoms with E-state index in [2.05, 4.69) is 32.6 Å². The molecule has 2 aromatic rings. The van der Waals surface area contributed by atoms with Crippen molar-refractivity contribution in [3.8, 4) is 5.88 Å². The standard InChI is InChI=1S/C18H28N6O/c1-6-19-18(22-12-16-13(3)23-24(5)14(16)4)21-11-15-9-8-10-20-17(15)25-7-2/h8-10H,6-7,11-12H2,1-5H3,(H2,19,21,22). The van der Waals surface area contributed by atoms with Gasteiger partial charge in [-0.15, -0.1) is 0 Å². The molecule has 2 N–H and O–H groups in total. The van der Waals surface area contributed by atoms with Gasteiger partial charge in [0.05, 0.1) is 18.8 Å². The topological polar surface area (TPSA) is 76.4 Å². The predicted octanol–water partition coefficient (Wildman–Crippen LogP) is 2.09. The number of guanidine groups is 1. The highest BCUT2D eigenvalue weighted by molar-refractivity contribution is 5.79. The first-order valence-corrected chi connectivity index (χ1v) is 8.64. The minimum atomic E-state index is 0.503. The summed E-state index contributed by atoms with van der Waals surface area (Å²) in [5.41, 5.74) is 4.36. The van der Waals surface area contributed by atoms with Gasteiger partial charge in [0.15, 0.2) is 5.96 Å². The molecule has 0 aliphatic heterocycles. The Labute approximate surface area is 149 Å². The molecule has 0 bridgehead atoms. The average molecular weight is 344 g/mol. The fourth-order valence-corrected chi connectivity index (χ4v) is 2.56. The number of rotatable bonds is 7. The molecule has 0 amide bonds. The third kappa shape index (κ3) is 4.95. The van der Waals surface area contributed by atoms with Crippen LogP contribution in [0.2, 0.25) is 0 Å². The number of pyridine rings is 1. The maximum absolute atomic E-state index is 5.56. The maximum atomic E-state index is 5.56. The number of aromatic nitrogens is 3. The van der Waals surface area contributed by atoms with Gasteiger partial charge in [0.2, 0.25) is 5.88 Å². The Morgan fingerprint density at radius 1 is 1.28 bits per heavy atom. The summed E-state index contributed by atoms with van der Waals surface area (Å²) < 4.78 is 7.46. The molecule has 2 aromatic heterocycles. The van der Waals surface area contributed by atoms with Crippen molar-refractivity contribution in [1.29, 1.82) is 0 Å². The molecule has 0 atom stereocenters. The molecule has 0 saturated heterocycles. The van der Waals surface area contributed by atoms with Crippen molar-refractivity contribution in [2.75, 3.05) is 13.2 Å². The van der Waals surface area contributed by atoms with Crippen LogP contribution in [0, 0.1) is 13.8 Å². The molecule has 2 heterocycles. The molecular weight excluding hydrogens is 316 g/mol. The van der Waals surface area contributed by atoms with E-state index in [4.69, 9.17) is 4.74 Å². The summed E-state index contributed by atoms with van der Waals surface area (Å²) in [5, 5.41) is 11.1. The molecule has 7 heteroatoms. The largest absolute Gasteiger partial charge is 0.478 e. The Bertz CT molecular complexity index is 722. The summed E-state index contributed by atoms with van der Waals surface area (Å²) in [6.45, 7) is 10.7. The normalized spacial score (nSPS) is 11.5. The average Bonchev–Trinajstić information content (AvgIpc) is 2.84. The number of hydrogen-bond donors (Lipinski definition) is 2. The van der Waals surface area contributed by atoms with E-state index in [1.165, 1.54) is 5.56 Å². The first-order chi connectivity index (χ1) is 12.1. The van der Waals surface area contributed by atoms with Gasteiger partial charge in [0.25, 0.3) is 0 Å². The van der Waals surface area contributed by atoms with Crippen LogP contribution < -0.4 is 15.4 Å². The lowest BCUT2D eigenvalue weighted by Gasteiger charge is -2.12. The summed E-state index contributed by atoms with van der Waals surface area (Å²) >= 11 is 0. The second-order valence-electron chi connectivity index (χ2n) is 5.72. The van der Waals surface area contributed by atoms with E-state index in [1.54, 1.807) is 6.20 Å². The van der Waals surface area contributed by atoms with E-state index in [1.807, 2.05) is 44.6 Å². The fraction of sp³-hybridized carbons (Fsp3) is 0.500. The minimum Gasteiger partial charge on any atom is -0.478 e. The van der Waals surface area contributed by atoms with E-state index in [9.17, 15) is 0 Å². The van der Waals surface area contributed by atoms with Crippen LogP contribution in [0.15, 0.2) is 23.3 Å². The Hall–Kier alpha value is -2.57. The Morgan fingerprint density at radius 3 is 2.72 bits per heavy atom. The van der Waals surface area contributed by atoms with Crippen molar-refractivity contribution in [3.63, 3.8) is 0 Å². The van der Waals surface area contributed by atoms with Crippen LogP contribution in [0.3, 0.4) is 0 Å². The van der Waals surface area contributed by atoms with Crippen LogP contribution in [-0.2, 0) is 20.1 Å². The van der Waals surface area contributed by atoms with Crippen molar-refractivity contribution in [2.24, 2.45) is 12.0 Å². The zero-order valence-corrected chi connectivity index (χ0v) is 15.8. The van der Waals surface area contributed by atoms with Gasteiger partial charge in [-0.25, -0.2) is 9.98 Å². The number of nitrogens with one attached hydrogen (secondary N) is 2. The third-order valence-electron chi connectivity index (χ3n) is 3.97. The third-order valence-corrected chi connectivity index (χ3v) is 3.97. The second-order valence-corrected chi connectivity index (χ2v) is 5.72. The molecule has 0 radical (unpaired) electrons. The SMILES string of the molecule is CCNC(=NCc1cccnc1OCC)NCc1c(C)nn(C)c1C. The van der Waals surface area contributed by atoms with Gasteiger partial charge in [-0.1, -0.05) is 6.07 Å². The highest BCUT2D eigenvalue weighted by atomic mass is 16.5. The molecule has 0 aromatic carbocycles. The molecule has 2 rings (SSSR count). The van der Waals surface area contributed by atoms with Crippen LogP contribution in [-0.4, -0.2) is 33.9 Å². The van der Waals surface area contributed by atoms with Crippen molar-refractivity contribution < 1.29 is 4.74 Å². The molecular formula is C18H28N6O. The molecule has 0 aliphatic rings. The Kier molecular flexibility index (Phi) is 6.80. The molecule has 0 saturated carbocycles. The number of nitrogens with zero attached hydrogens (tertiary/aromatic N) is 4. The molecule has 7 nitrogen and oxygen atoms in total. The number of aliphatic imine (C=N–C) groups is 1. The van der Waals surface area contributed by atoms with Crippen LogP contribution in [0.1, 0.15) is 36.4 Å². The second kappa shape index (κ2) is 9.05. The van der Waals surface area contributed by atoms with Crippen molar-refractivity contribution in [3.05, 3.63) is 40.8 Å². The van der Waals surface area contributed by atoms with Crippen LogP contribution in [0.25, 0.3) is 0 Å². The quantitative estimate of drug-likeness (QED) is 0.594. The lowest BCUT2D eigenvalue weighted by molar-refractivity contribution is 0.323. The summed E-state index contributed by atoms with van der Waals surface area (Å²) in [4.78, 5) is 8.92. The van der Waals surface area contributed by atoms with Crippen LogP contribution >= 0.6 is 0 Å². The van der Waals surface area contributed by atoms with Crippen molar-refractivity contribution in [2.45, 2.75) is 40.8 Å². The lowest BCUT2D eigenvalue weighted by atomic mass is 10.2. The molecule has 0 fully saturated rings. The van der Waals surface area contributed by atoms with Gasteiger partial charge in [-0.3, -0.25) is 4.68 Å². The number of aryl methyl sites for hydroxylation is 2. The first-order valence-electron chi connectivity index (χ1n) is 8.64. The Balaban J connectivity index is 2.08. The van der Waals surface area contributed by atoms with E-state index >= 15 is 0 Å². The molecule has 0 unspecified atom stereocenters. The van der Waals surface area contributed by atoms with Gasteiger partial charge >= 0.3 is 0 Å². The summed E-state index contributed by atoms with van der Waals surface area (Å²) in [6, 6.07) is 3.89. The monoisotopic (exact) mass is 344 g/mol. The summed E-state index contributed by atoms with van der Waals surface area (Å²) in [6.07, 6.45) is 1.73. The molecule has 0 aliphatic carbocycles. The number of hydrogen-bond acceptors (Lipinski definition) is 4. The van der Waals surface area contributed by atoms with Gasteiger partial charge in [-0.05, 0) is 33.8 Å². The van der Waals surface area contributed by atoms with E-state index in [-0.39, 0.29) is 0 Å².